The van der Waals surface area contributed by atoms with Gasteiger partial charge in [-0.25, -0.2) is 0 Å². The van der Waals surface area contributed by atoms with Crippen LogP contribution < -0.4 is 15.4 Å². The molecule has 2 aliphatic heterocycles. The first kappa shape index (κ1) is 16.9. The highest BCUT2D eigenvalue weighted by molar-refractivity contribution is 9.10. The predicted octanol–water partition coefficient (Wildman–Crippen LogP) is 5.75. The molecular weight excluding hydrogens is 428 g/mol. The molecule has 3 atom stereocenters. The van der Waals surface area contributed by atoms with E-state index < -0.39 is 0 Å². The molecule has 0 saturated carbocycles. The highest BCUT2D eigenvalue weighted by atomic mass is 79.9. The van der Waals surface area contributed by atoms with Crippen molar-refractivity contribution in [1.82, 2.24) is 10.2 Å². The Morgan fingerprint density at radius 1 is 0.931 bits per heavy atom. The fourth-order valence-electron chi connectivity index (χ4n) is 4.84. The molecule has 144 valence electrons. The predicted molar refractivity (Wildman–Crippen MR) is 119 cm³/mol. The number of nitrogens with one attached hydrogen (secondary N) is 3. The molecule has 5 nitrogen and oxygen atoms in total. The summed E-state index contributed by atoms with van der Waals surface area (Å²) in [6.07, 6.45) is 1.89. The van der Waals surface area contributed by atoms with E-state index in [1.807, 2.05) is 18.3 Å². The van der Waals surface area contributed by atoms with E-state index in [-0.39, 0.29) is 18.0 Å². The third kappa shape index (κ3) is 2.48. The molecule has 3 aromatic carbocycles. The maximum atomic E-state index is 5.36. The zero-order valence-corrected chi connectivity index (χ0v) is 17.3. The number of aromatic amines is 1. The first-order valence-electron chi connectivity index (χ1n) is 9.65. The summed E-state index contributed by atoms with van der Waals surface area (Å²) < 4.78 is 6.46. The molecule has 3 N–H and O–H groups in total. The van der Waals surface area contributed by atoms with Gasteiger partial charge in [0.1, 0.15) is 5.75 Å². The van der Waals surface area contributed by atoms with Gasteiger partial charge in [0, 0.05) is 32.7 Å². The number of hydrogen-bond donors (Lipinski definition) is 3. The van der Waals surface area contributed by atoms with Crippen LogP contribution in [0, 0.1) is 0 Å². The topological polar surface area (TPSA) is 62.0 Å². The first-order valence-corrected chi connectivity index (χ1v) is 10.4. The lowest BCUT2D eigenvalue weighted by Crippen LogP contribution is -2.30. The summed E-state index contributed by atoms with van der Waals surface area (Å²) in [5.41, 5.74) is 7.24. The minimum absolute atomic E-state index is 0.141. The molecule has 3 heterocycles. The maximum absolute atomic E-state index is 5.36. The Morgan fingerprint density at radius 3 is 2.55 bits per heavy atom. The summed E-state index contributed by atoms with van der Waals surface area (Å²) in [5, 5.41) is 16.2. The number of H-pyrrole nitrogens is 1. The Hall–Kier alpha value is -2.99. The SMILES string of the molecule is COc1ccc([C@@H]2Nc3ccc4cn[nH]c4c3[C@H]3Nc4ccc(Br)cc4[C@H]32)cc1. The summed E-state index contributed by atoms with van der Waals surface area (Å²) in [5.74, 6) is 1.12. The second kappa shape index (κ2) is 6.26. The zero-order valence-electron chi connectivity index (χ0n) is 15.7. The third-order valence-corrected chi connectivity index (χ3v) is 6.65. The van der Waals surface area contributed by atoms with Crippen LogP contribution in [0.4, 0.5) is 11.4 Å². The Morgan fingerprint density at radius 2 is 1.72 bits per heavy atom. The van der Waals surface area contributed by atoms with Gasteiger partial charge in [0.05, 0.1) is 30.9 Å². The van der Waals surface area contributed by atoms with Crippen LogP contribution in [0.15, 0.2) is 65.3 Å². The minimum atomic E-state index is 0.141. The van der Waals surface area contributed by atoms with Crippen LogP contribution in [-0.4, -0.2) is 17.3 Å². The Balaban J connectivity index is 1.56. The quantitative estimate of drug-likeness (QED) is 0.366. The third-order valence-electron chi connectivity index (χ3n) is 6.16. The Labute approximate surface area is 176 Å². The molecule has 0 bridgehead atoms. The number of nitrogens with zero attached hydrogens (tertiary/aromatic N) is 1. The van der Waals surface area contributed by atoms with Gasteiger partial charge in [0.2, 0.25) is 0 Å². The van der Waals surface area contributed by atoms with Gasteiger partial charge in [0.25, 0.3) is 0 Å². The molecule has 6 rings (SSSR count). The van der Waals surface area contributed by atoms with Gasteiger partial charge in [-0.05, 0) is 53.6 Å². The summed E-state index contributed by atoms with van der Waals surface area (Å²) in [6, 6.07) is 19.5. The summed E-state index contributed by atoms with van der Waals surface area (Å²) in [6.45, 7) is 0. The second-order valence-electron chi connectivity index (χ2n) is 7.64. The summed E-state index contributed by atoms with van der Waals surface area (Å²) in [4.78, 5) is 0. The number of hydrogen-bond acceptors (Lipinski definition) is 4. The van der Waals surface area contributed by atoms with E-state index in [0.29, 0.717) is 0 Å². The standard InChI is InChI=1S/C23H19BrN4O/c1-29-15-6-2-12(3-7-15)21-19-16-10-14(24)5-9-17(16)26-23(19)20-18(27-21)8-4-13-11-25-28-22(13)20/h2-11,19,21,23,26-27H,1H3,(H,25,28)/t19-,21-,23-/m0/s1. The molecule has 0 fully saturated rings. The average molecular weight is 447 g/mol. The minimum Gasteiger partial charge on any atom is -0.497 e. The zero-order chi connectivity index (χ0) is 19.5. The fraction of sp³-hybridized carbons (Fsp3) is 0.174. The van der Waals surface area contributed by atoms with Crippen LogP contribution in [0.2, 0.25) is 0 Å². The number of benzene rings is 3. The number of ether oxygens (including phenoxy) is 1. The number of methoxy groups -OCH3 is 1. The van der Waals surface area contributed by atoms with Crippen molar-refractivity contribution in [2.24, 2.45) is 0 Å². The van der Waals surface area contributed by atoms with Gasteiger partial charge in [0.15, 0.2) is 0 Å². The van der Waals surface area contributed by atoms with Gasteiger partial charge in [-0.3, -0.25) is 5.10 Å². The molecule has 0 aliphatic carbocycles. The van der Waals surface area contributed by atoms with E-state index in [4.69, 9.17) is 4.74 Å². The number of aromatic nitrogens is 2. The van der Waals surface area contributed by atoms with Gasteiger partial charge in [-0.15, -0.1) is 0 Å². The van der Waals surface area contributed by atoms with Crippen LogP contribution in [0.1, 0.15) is 34.7 Å². The number of rotatable bonds is 2. The van der Waals surface area contributed by atoms with Crippen molar-refractivity contribution in [2.75, 3.05) is 17.7 Å². The number of halogens is 1. The average Bonchev–Trinajstić information content (AvgIpc) is 3.37. The van der Waals surface area contributed by atoms with Crippen molar-refractivity contribution in [3.8, 4) is 5.75 Å². The summed E-state index contributed by atoms with van der Waals surface area (Å²) in [7, 11) is 1.70. The van der Waals surface area contributed by atoms with Crippen LogP contribution in [0.5, 0.6) is 5.75 Å². The number of anilines is 2. The second-order valence-corrected chi connectivity index (χ2v) is 8.55. The molecule has 6 heteroatoms. The molecule has 29 heavy (non-hydrogen) atoms. The van der Waals surface area contributed by atoms with Crippen molar-refractivity contribution < 1.29 is 4.74 Å². The van der Waals surface area contributed by atoms with Crippen LogP contribution in [0.25, 0.3) is 10.9 Å². The first-order chi connectivity index (χ1) is 14.2. The van der Waals surface area contributed by atoms with Gasteiger partial charge in [-0.1, -0.05) is 28.1 Å². The van der Waals surface area contributed by atoms with Crippen LogP contribution in [0.3, 0.4) is 0 Å². The smallest absolute Gasteiger partial charge is 0.118 e. The molecule has 0 radical (unpaired) electrons. The van der Waals surface area contributed by atoms with Crippen molar-refractivity contribution in [3.05, 3.63) is 82.0 Å². The summed E-state index contributed by atoms with van der Waals surface area (Å²) >= 11 is 3.66. The highest BCUT2D eigenvalue weighted by Gasteiger charge is 2.44. The lowest BCUT2D eigenvalue weighted by molar-refractivity contribution is 0.414. The van der Waals surface area contributed by atoms with Crippen LogP contribution >= 0.6 is 15.9 Å². The largest absolute Gasteiger partial charge is 0.497 e. The van der Waals surface area contributed by atoms with E-state index in [2.05, 4.69) is 79.2 Å². The Kier molecular flexibility index (Phi) is 3.65. The van der Waals surface area contributed by atoms with Crippen LogP contribution in [-0.2, 0) is 0 Å². The van der Waals surface area contributed by atoms with E-state index >= 15 is 0 Å². The molecule has 0 unspecified atom stereocenters. The number of fused-ring (bicyclic) bond motifs is 7. The molecule has 4 aromatic rings. The van der Waals surface area contributed by atoms with Crippen molar-refractivity contribution >= 4 is 38.2 Å². The molecule has 0 saturated heterocycles. The lowest BCUT2D eigenvalue weighted by atomic mass is 9.77. The molecule has 0 amide bonds. The van der Waals surface area contributed by atoms with Crippen molar-refractivity contribution in [1.29, 1.82) is 0 Å². The van der Waals surface area contributed by atoms with E-state index in [1.54, 1.807) is 7.11 Å². The lowest BCUT2D eigenvalue weighted by Gasteiger charge is -2.38. The van der Waals surface area contributed by atoms with Crippen molar-refractivity contribution in [2.45, 2.75) is 18.0 Å². The van der Waals surface area contributed by atoms with E-state index in [0.717, 1.165) is 26.8 Å². The fourth-order valence-corrected chi connectivity index (χ4v) is 5.22. The molecule has 1 aromatic heterocycles. The van der Waals surface area contributed by atoms with E-state index in [9.17, 15) is 0 Å². The van der Waals surface area contributed by atoms with E-state index in [1.165, 1.54) is 22.4 Å². The van der Waals surface area contributed by atoms with Gasteiger partial charge < -0.3 is 15.4 Å². The molecule has 2 aliphatic rings. The monoisotopic (exact) mass is 446 g/mol. The maximum Gasteiger partial charge on any atom is 0.118 e. The molecular formula is C23H19BrN4O. The highest BCUT2D eigenvalue weighted by Crippen LogP contribution is 2.57. The molecule has 0 spiro atoms. The van der Waals surface area contributed by atoms with Crippen molar-refractivity contribution in [3.63, 3.8) is 0 Å². The normalized spacial score (nSPS) is 21.7. The van der Waals surface area contributed by atoms with Gasteiger partial charge in [-0.2, -0.15) is 5.10 Å². The van der Waals surface area contributed by atoms with Gasteiger partial charge >= 0.3 is 0 Å². The Bertz CT molecular complexity index is 1230.